The Labute approximate surface area is 127 Å². The second kappa shape index (κ2) is 7.04. The van der Waals surface area contributed by atoms with E-state index in [-0.39, 0.29) is 10.8 Å². The molecule has 5 nitrogen and oxygen atoms in total. The number of benzene rings is 1. The van der Waals surface area contributed by atoms with Gasteiger partial charge in [-0.3, -0.25) is 4.79 Å². The third-order valence-electron chi connectivity index (χ3n) is 3.31. The molecule has 1 rings (SSSR count). The number of amides is 1. The van der Waals surface area contributed by atoms with Crippen LogP contribution in [0.2, 0.25) is 0 Å². The molecule has 1 aromatic rings. The van der Waals surface area contributed by atoms with Crippen LogP contribution in [0.15, 0.2) is 17.0 Å². The van der Waals surface area contributed by atoms with Crippen molar-refractivity contribution in [1.29, 1.82) is 0 Å². The lowest BCUT2D eigenvalue weighted by molar-refractivity contribution is -0.116. The lowest BCUT2D eigenvalue weighted by atomic mass is 10.0. The summed E-state index contributed by atoms with van der Waals surface area (Å²) in [6.07, 6.45) is 1.89. The quantitative estimate of drug-likeness (QED) is 0.846. The minimum atomic E-state index is -3.74. The van der Waals surface area contributed by atoms with Gasteiger partial charge in [0, 0.05) is 12.1 Å². The molecule has 0 aliphatic heterocycles. The predicted octanol–water partition coefficient (Wildman–Crippen LogP) is 2.58. The molecule has 0 saturated carbocycles. The molecule has 0 radical (unpaired) electrons. The van der Waals surface area contributed by atoms with Crippen LogP contribution in [0.3, 0.4) is 0 Å². The van der Waals surface area contributed by atoms with Crippen LogP contribution in [-0.4, -0.2) is 14.3 Å². The van der Waals surface area contributed by atoms with E-state index in [2.05, 4.69) is 19.2 Å². The number of carbonyl (C=O) groups excluding carboxylic acids is 1. The number of carbonyl (C=O) groups is 1. The summed E-state index contributed by atoms with van der Waals surface area (Å²) in [5.41, 5.74) is 2.17. The van der Waals surface area contributed by atoms with Crippen LogP contribution in [0.5, 0.6) is 0 Å². The molecule has 0 spiro atoms. The minimum Gasteiger partial charge on any atom is -0.326 e. The van der Waals surface area contributed by atoms with Crippen molar-refractivity contribution >= 4 is 21.6 Å². The van der Waals surface area contributed by atoms with Crippen molar-refractivity contribution in [2.45, 2.75) is 51.9 Å². The molecule has 1 aromatic carbocycles. The van der Waals surface area contributed by atoms with E-state index in [1.807, 2.05) is 6.92 Å². The second-order valence-corrected chi connectivity index (χ2v) is 7.21. The lowest BCUT2D eigenvalue weighted by Crippen LogP contribution is -2.17. The van der Waals surface area contributed by atoms with Crippen LogP contribution in [0, 0.1) is 12.8 Å². The van der Waals surface area contributed by atoms with Gasteiger partial charge in [0.1, 0.15) is 0 Å². The summed E-state index contributed by atoms with van der Waals surface area (Å²) in [7, 11) is -3.74. The van der Waals surface area contributed by atoms with Gasteiger partial charge in [-0.25, -0.2) is 13.6 Å². The van der Waals surface area contributed by atoms with Crippen molar-refractivity contribution in [3.63, 3.8) is 0 Å². The first kappa shape index (κ1) is 17.7. The third kappa shape index (κ3) is 5.13. The largest absolute Gasteiger partial charge is 0.326 e. The zero-order chi connectivity index (χ0) is 16.2. The summed E-state index contributed by atoms with van der Waals surface area (Å²) in [6.45, 7) is 7.81. The van der Waals surface area contributed by atoms with Crippen molar-refractivity contribution in [2.75, 3.05) is 5.32 Å². The molecule has 21 heavy (non-hydrogen) atoms. The van der Waals surface area contributed by atoms with Gasteiger partial charge in [0.25, 0.3) is 0 Å². The van der Waals surface area contributed by atoms with Crippen LogP contribution in [0.4, 0.5) is 5.69 Å². The Kier molecular flexibility index (Phi) is 5.92. The van der Waals surface area contributed by atoms with Crippen molar-refractivity contribution in [3.05, 3.63) is 23.3 Å². The Bertz CT molecular complexity index is 622. The fourth-order valence-corrected chi connectivity index (χ4v) is 2.72. The van der Waals surface area contributed by atoms with Gasteiger partial charge in [0.2, 0.25) is 15.9 Å². The van der Waals surface area contributed by atoms with Gasteiger partial charge < -0.3 is 5.32 Å². The van der Waals surface area contributed by atoms with Crippen LogP contribution in [-0.2, 0) is 21.2 Å². The van der Waals surface area contributed by atoms with Gasteiger partial charge >= 0.3 is 0 Å². The van der Waals surface area contributed by atoms with Gasteiger partial charge in [-0.05, 0) is 48.9 Å². The number of sulfonamides is 1. The van der Waals surface area contributed by atoms with Crippen LogP contribution >= 0.6 is 0 Å². The number of aryl methyl sites for hydroxylation is 2. The fraction of sp³-hybridized carbons (Fsp3) is 0.533. The van der Waals surface area contributed by atoms with Crippen molar-refractivity contribution < 1.29 is 13.2 Å². The fourth-order valence-electron chi connectivity index (χ4n) is 2.07. The van der Waals surface area contributed by atoms with Gasteiger partial charge in [-0.15, -0.1) is 0 Å². The molecule has 0 aromatic heterocycles. The van der Waals surface area contributed by atoms with E-state index < -0.39 is 10.0 Å². The molecule has 0 unspecified atom stereocenters. The number of hydrogen-bond acceptors (Lipinski definition) is 3. The zero-order valence-electron chi connectivity index (χ0n) is 13.1. The molecule has 0 heterocycles. The van der Waals surface area contributed by atoms with Crippen molar-refractivity contribution in [3.8, 4) is 0 Å². The summed E-state index contributed by atoms with van der Waals surface area (Å²) in [5.74, 6) is 0.414. The molecule has 0 fully saturated rings. The Morgan fingerprint density at radius 2 is 1.95 bits per heavy atom. The van der Waals surface area contributed by atoms with Gasteiger partial charge in [0.05, 0.1) is 4.90 Å². The predicted molar refractivity (Wildman–Crippen MR) is 84.6 cm³/mol. The van der Waals surface area contributed by atoms with Crippen LogP contribution in [0.25, 0.3) is 0 Å². The average molecular weight is 312 g/mol. The van der Waals surface area contributed by atoms with Crippen molar-refractivity contribution in [2.24, 2.45) is 11.1 Å². The normalized spacial score (nSPS) is 11.7. The number of anilines is 1. The Morgan fingerprint density at radius 3 is 2.43 bits per heavy atom. The van der Waals surface area contributed by atoms with Gasteiger partial charge in [-0.2, -0.15) is 0 Å². The molecular formula is C15H24N2O3S. The summed E-state index contributed by atoms with van der Waals surface area (Å²) >= 11 is 0. The maximum absolute atomic E-state index is 12.0. The monoisotopic (exact) mass is 312 g/mol. The minimum absolute atomic E-state index is 0.0511. The summed E-state index contributed by atoms with van der Waals surface area (Å²) in [6, 6.07) is 3.02. The molecule has 0 aliphatic rings. The van der Waals surface area contributed by atoms with E-state index in [4.69, 9.17) is 5.14 Å². The van der Waals surface area contributed by atoms with E-state index in [0.29, 0.717) is 30.0 Å². The Balaban J connectivity index is 3.05. The smallest absolute Gasteiger partial charge is 0.238 e. The molecule has 3 N–H and O–H groups in total. The van der Waals surface area contributed by atoms with Crippen LogP contribution in [0.1, 0.15) is 44.7 Å². The third-order valence-corrected chi connectivity index (χ3v) is 4.21. The van der Waals surface area contributed by atoms with E-state index in [9.17, 15) is 13.2 Å². The first-order valence-corrected chi connectivity index (χ1v) is 8.66. The number of nitrogens with one attached hydrogen (secondary N) is 1. The first-order chi connectivity index (χ1) is 9.65. The highest BCUT2D eigenvalue weighted by atomic mass is 32.2. The highest BCUT2D eigenvalue weighted by molar-refractivity contribution is 7.89. The van der Waals surface area contributed by atoms with Gasteiger partial charge in [-0.1, -0.05) is 20.8 Å². The average Bonchev–Trinajstić information content (AvgIpc) is 2.37. The number of hydrogen-bond donors (Lipinski definition) is 2. The van der Waals surface area contributed by atoms with E-state index >= 15 is 0 Å². The second-order valence-electron chi connectivity index (χ2n) is 5.65. The Hall–Kier alpha value is -1.40. The van der Waals surface area contributed by atoms with Crippen LogP contribution < -0.4 is 10.5 Å². The van der Waals surface area contributed by atoms with Crippen molar-refractivity contribution in [1.82, 2.24) is 0 Å². The first-order valence-electron chi connectivity index (χ1n) is 7.11. The maximum atomic E-state index is 12.0. The maximum Gasteiger partial charge on any atom is 0.238 e. The number of primary sulfonamides is 1. The number of nitrogens with two attached hydrogens (primary N) is 1. The van der Waals surface area contributed by atoms with E-state index in [1.54, 1.807) is 6.92 Å². The molecular weight excluding hydrogens is 288 g/mol. The topological polar surface area (TPSA) is 89.3 Å². The molecule has 0 bridgehead atoms. The summed E-state index contributed by atoms with van der Waals surface area (Å²) in [4.78, 5) is 12.0. The highest BCUT2D eigenvalue weighted by Gasteiger charge is 2.15. The molecule has 6 heteroatoms. The molecule has 1 amide bonds. The lowest BCUT2D eigenvalue weighted by Gasteiger charge is -2.15. The molecule has 0 atom stereocenters. The van der Waals surface area contributed by atoms with Gasteiger partial charge in [0.15, 0.2) is 0 Å². The number of rotatable bonds is 6. The standard InChI is InChI=1S/C15H24N2O3S/c1-5-12-9-13(21(16,19)20)8-11(4)15(12)17-14(18)7-6-10(2)3/h8-10H,5-7H2,1-4H3,(H,17,18)(H2,16,19,20). The summed E-state index contributed by atoms with van der Waals surface area (Å²) < 4.78 is 22.9. The molecule has 0 saturated heterocycles. The SMILES string of the molecule is CCc1cc(S(N)(=O)=O)cc(C)c1NC(=O)CCC(C)C. The van der Waals surface area contributed by atoms with E-state index in [1.165, 1.54) is 12.1 Å². The molecule has 0 aliphatic carbocycles. The Morgan fingerprint density at radius 1 is 1.33 bits per heavy atom. The zero-order valence-corrected chi connectivity index (χ0v) is 13.9. The summed E-state index contributed by atoms with van der Waals surface area (Å²) in [5, 5.41) is 8.06. The van der Waals surface area contributed by atoms with E-state index in [0.717, 1.165) is 12.0 Å². The molecule has 118 valence electrons. The highest BCUT2D eigenvalue weighted by Crippen LogP contribution is 2.25.